The molecule has 1 fully saturated rings. The van der Waals surface area contributed by atoms with Crippen LogP contribution in [0.5, 0.6) is 0 Å². The highest BCUT2D eigenvalue weighted by molar-refractivity contribution is 6.40. The van der Waals surface area contributed by atoms with Crippen LogP contribution in [0.1, 0.15) is 44.9 Å². The van der Waals surface area contributed by atoms with E-state index in [-0.39, 0.29) is 68.3 Å². The summed E-state index contributed by atoms with van der Waals surface area (Å²) in [4.78, 5) is 23.8. The first kappa shape index (κ1) is 33.3. The Kier molecular flexibility index (Phi) is 18.8. The van der Waals surface area contributed by atoms with Crippen molar-refractivity contribution >= 4 is 56.2 Å². The molecule has 0 bridgehead atoms. The van der Waals surface area contributed by atoms with Gasteiger partial charge in [0.15, 0.2) is 0 Å². The number of carbonyl (C=O) groups is 2. The monoisotopic (exact) mass is 480 g/mol. The zero-order valence-corrected chi connectivity index (χ0v) is 18.9. The van der Waals surface area contributed by atoms with E-state index in [1.165, 1.54) is 0 Å². The first-order valence-corrected chi connectivity index (χ1v) is 9.32. The lowest BCUT2D eigenvalue weighted by molar-refractivity contribution is -0.148. The Bertz CT molecular complexity index is 482. The third-order valence-corrected chi connectivity index (χ3v) is 5.34. The molecule has 13 heteroatoms. The Labute approximate surface area is 191 Å². The first-order valence-electron chi connectivity index (χ1n) is 9.32. The molecular weight excluding hydrogens is 445 g/mol. The molecule has 1 aliphatic rings. The summed E-state index contributed by atoms with van der Waals surface area (Å²) in [6, 6.07) is -0.638. The van der Waals surface area contributed by atoms with Crippen LogP contribution in [0.3, 0.4) is 0 Å². The average molecular weight is 482 g/mol. The fraction of sp³-hybridized carbons (Fsp3) is 0.875. The number of nitrogens with two attached hydrogens (primary N) is 3. The number of hydrogen-bond acceptors (Lipinski definition) is 7. The maximum absolute atomic E-state index is 12.1. The molecule has 4 atom stereocenters. The highest BCUT2D eigenvalue weighted by atomic mass is 35.5. The molecule has 1 aliphatic carbocycles. The number of halogens is 3. The molecule has 0 spiro atoms. The number of unbranched alkanes of at least 4 members (excludes halogenated alkanes) is 1. The highest BCUT2D eigenvalue weighted by Crippen LogP contribution is 2.38. The normalized spacial score (nSPS) is 24.2. The van der Waals surface area contributed by atoms with Crippen LogP contribution < -0.4 is 22.5 Å². The lowest BCUT2D eigenvalue weighted by atomic mass is 9.66. The summed E-state index contributed by atoms with van der Waals surface area (Å²) in [6.45, 7) is 0.723. The topological polar surface area (TPSA) is 185 Å². The van der Waals surface area contributed by atoms with Gasteiger partial charge in [0.25, 0.3) is 0 Å². The van der Waals surface area contributed by atoms with Crippen LogP contribution in [0, 0.1) is 11.8 Å². The van der Waals surface area contributed by atoms with Crippen LogP contribution in [0.15, 0.2) is 0 Å². The summed E-state index contributed by atoms with van der Waals surface area (Å²) < 4.78 is 0. The van der Waals surface area contributed by atoms with Gasteiger partial charge in [-0.25, -0.2) is 0 Å². The minimum Gasteiger partial charge on any atom is -0.480 e. The smallest absolute Gasteiger partial charge is 0.451 e. The van der Waals surface area contributed by atoms with Crippen molar-refractivity contribution in [3.63, 3.8) is 0 Å². The number of carbonyl (C=O) groups excluding carboxylic acids is 1. The molecule has 0 saturated heterocycles. The molecule has 1 rings (SSSR count). The molecule has 0 aromatic rings. The van der Waals surface area contributed by atoms with Gasteiger partial charge in [-0.2, -0.15) is 0 Å². The largest absolute Gasteiger partial charge is 0.480 e. The quantitative estimate of drug-likeness (QED) is 0.157. The number of carboxylic acid groups (broad SMARTS) is 1. The minimum atomic E-state index is -1.44. The molecule has 0 heterocycles. The van der Waals surface area contributed by atoms with Crippen molar-refractivity contribution in [2.24, 2.45) is 29.0 Å². The Morgan fingerprint density at radius 3 is 2.31 bits per heavy atom. The van der Waals surface area contributed by atoms with E-state index in [0.29, 0.717) is 25.8 Å². The van der Waals surface area contributed by atoms with Gasteiger partial charge in [0.05, 0.1) is 6.04 Å². The van der Waals surface area contributed by atoms with Crippen LogP contribution >= 0.6 is 37.2 Å². The van der Waals surface area contributed by atoms with Crippen molar-refractivity contribution in [2.45, 2.75) is 62.8 Å². The van der Waals surface area contributed by atoms with Crippen LogP contribution in [-0.4, -0.2) is 58.8 Å². The van der Waals surface area contributed by atoms with E-state index in [1.807, 2.05) is 0 Å². The molecule has 1 amide bonds. The molecule has 0 aromatic heterocycles. The van der Waals surface area contributed by atoms with E-state index in [1.54, 1.807) is 0 Å². The predicted molar refractivity (Wildman–Crippen MR) is 121 cm³/mol. The van der Waals surface area contributed by atoms with Crippen molar-refractivity contribution in [3.8, 4) is 0 Å². The predicted octanol–water partition coefficient (Wildman–Crippen LogP) is -0.114. The third-order valence-electron chi connectivity index (χ3n) is 5.34. The zero-order valence-electron chi connectivity index (χ0n) is 16.5. The van der Waals surface area contributed by atoms with Gasteiger partial charge in [-0.1, -0.05) is 12.8 Å². The summed E-state index contributed by atoms with van der Waals surface area (Å²) in [7, 11) is -1.40. The second kappa shape index (κ2) is 16.4. The van der Waals surface area contributed by atoms with E-state index >= 15 is 0 Å². The fourth-order valence-electron chi connectivity index (χ4n) is 3.61. The van der Waals surface area contributed by atoms with Gasteiger partial charge in [0.2, 0.25) is 5.91 Å². The van der Waals surface area contributed by atoms with Crippen molar-refractivity contribution < 1.29 is 24.7 Å². The van der Waals surface area contributed by atoms with Gasteiger partial charge in [0.1, 0.15) is 5.54 Å². The van der Waals surface area contributed by atoms with Crippen LogP contribution in [0.2, 0.25) is 6.32 Å². The maximum Gasteiger partial charge on any atom is 0.451 e. The molecule has 0 radical (unpaired) electrons. The summed E-state index contributed by atoms with van der Waals surface area (Å²) >= 11 is 0. The number of carboxylic acids is 1. The summed E-state index contributed by atoms with van der Waals surface area (Å²) in [5.41, 5.74) is 16.0. The Hall–Kier alpha value is -0.325. The van der Waals surface area contributed by atoms with Gasteiger partial charge in [-0.05, 0) is 50.9 Å². The fourth-order valence-corrected chi connectivity index (χ4v) is 3.61. The van der Waals surface area contributed by atoms with Crippen molar-refractivity contribution in [1.82, 2.24) is 5.32 Å². The second-order valence-corrected chi connectivity index (χ2v) is 7.38. The minimum absolute atomic E-state index is 0. The molecule has 9 nitrogen and oxygen atoms in total. The van der Waals surface area contributed by atoms with Crippen LogP contribution in [0.25, 0.3) is 0 Å². The summed E-state index contributed by atoms with van der Waals surface area (Å²) in [5.74, 6) is -1.78. The maximum atomic E-state index is 12.1. The summed E-state index contributed by atoms with van der Waals surface area (Å²) in [5, 5.41) is 30.3. The molecule has 0 unspecified atom stereocenters. The molecule has 0 aliphatic heterocycles. The van der Waals surface area contributed by atoms with Gasteiger partial charge < -0.3 is 37.7 Å². The van der Waals surface area contributed by atoms with Crippen molar-refractivity contribution in [3.05, 3.63) is 0 Å². The first-order chi connectivity index (χ1) is 12.2. The van der Waals surface area contributed by atoms with E-state index in [2.05, 4.69) is 5.32 Å². The van der Waals surface area contributed by atoms with E-state index in [4.69, 9.17) is 27.2 Å². The zero-order chi connectivity index (χ0) is 19.7. The van der Waals surface area contributed by atoms with Gasteiger partial charge in [0, 0.05) is 12.5 Å². The molecular formula is C16H36BCl3N4O5. The third kappa shape index (κ3) is 11.0. The Balaban J connectivity index is -0.00000225. The molecule has 1 saturated carbocycles. The number of nitrogens with one attached hydrogen (secondary N) is 1. The van der Waals surface area contributed by atoms with Gasteiger partial charge >= 0.3 is 13.1 Å². The van der Waals surface area contributed by atoms with Crippen LogP contribution in [0.4, 0.5) is 0 Å². The SMILES string of the molecule is Cl.Cl.Cl.NCCCC[C@H](N)C(=O)NC[C@@H]1CC[C@@H](CCB(O)O)C[C@]1(N)C(=O)O. The van der Waals surface area contributed by atoms with Gasteiger partial charge in [-0.3, -0.25) is 9.59 Å². The van der Waals surface area contributed by atoms with E-state index < -0.39 is 30.6 Å². The second-order valence-electron chi connectivity index (χ2n) is 7.38. The van der Waals surface area contributed by atoms with Crippen molar-refractivity contribution in [2.75, 3.05) is 13.1 Å². The van der Waals surface area contributed by atoms with Crippen molar-refractivity contribution in [1.29, 1.82) is 0 Å². The standard InChI is InChI=1S/C16H33BN4O5.3ClH/c18-8-2-1-3-13(19)14(22)21-10-12-5-4-11(6-7-17(25)26)9-16(12,20)15(23)24;;;/h11-13,25-26H,1-10,18-20H2,(H,21,22)(H,23,24);3*1H/t11-,12-,13-,16+;;;/m0.../s1. The lowest BCUT2D eigenvalue weighted by Gasteiger charge is -2.41. The number of hydrogen-bond donors (Lipinski definition) is 7. The number of rotatable bonds is 11. The number of amides is 1. The molecule has 174 valence electrons. The summed E-state index contributed by atoms with van der Waals surface area (Å²) in [6.07, 6.45) is 4.35. The van der Waals surface area contributed by atoms with Crippen LogP contribution in [-0.2, 0) is 9.59 Å². The molecule has 29 heavy (non-hydrogen) atoms. The average Bonchev–Trinajstić information content (AvgIpc) is 2.58. The van der Waals surface area contributed by atoms with E-state index in [0.717, 1.165) is 19.3 Å². The molecule has 10 N–H and O–H groups in total. The Morgan fingerprint density at radius 2 is 1.79 bits per heavy atom. The van der Waals surface area contributed by atoms with E-state index in [9.17, 15) is 14.7 Å². The Morgan fingerprint density at radius 1 is 1.17 bits per heavy atom. The molecule has 0 aromatic carbocycles. The van der Waals surface area contributed by atoms with Gasteiger partial charge in [-0.15, -0.1) is 37.2 Å². The lowest BCUT2D eigenvalue weighted by Crippen LogP contribution is -2.60. The highest BCUT2D eigenvalue weighted by Gasteiger charge is 2.47. The number of aliphatic carboxylic acids is 1.